The number of carbonyl (C=O) groups excluding carboxylic acids is 3. The van der Waals surface area contributed by atoms with Gasteiger partial charge >= 0.3 is 11.9 Å². The van der Waals surface area contributed by atoms with E-state index in [1.54, 1.807) is 12.1 Å². The number of carboxylic acids is 2. The van der Waals surface area contributed by atoms with Gasteiger partial charge in [0.25, 0.3) is 0 Å². The van der Waals surface area contributed by atoms with E-state index in [-0.39, 0.29) is 12.8 Å². The van der Waals surface area contributed by atoms with E-state index >= 15 is 0 Å². The average Bonchev–Trinajstić information content (AvgIpc) is 2.80. The number of hydrogen-bond acceptors (Lipinski definition) is 6. The molecule has 1 rings (SSSR count). The Hall–Kier alpha value is -2.89. The van der Waals surface area contributed by atoms with Gasteiger partial charge in [-0.15, -0.1) is 0 Å². The van der Waals surface area contributed by atoms with E-state index in [4.69, 9.17) is 33.4 Å². The van der Waals surface area contributed by atoms with Crippen LogP contribution in [0.1, 0.15) is 45.6 Å². The van der Waals surface area contributed by atoms with Crippen molar-refractivity contribution >= 4 is 52.9 Å². The number of nitrogens with one attached hydrogen (secondary N) is 4. The van der Waals surface area contributed by atoms with Crippen LogP contribution in [0.15, 0.2) is 18.2 Å². The van der Waals surface area contributed by atoms with Gasteiger partial charge in [-0.1, -0.05) is 29.3 Å². The number of carbonyl (C=O) groups is 5. The lowest BCUT2D eigenvalue weighted by molar-refractivity contribution is -0.141. The first kappa shape index (κ1) is 31.1. The Balaban J connectivity index is 2.62. The van der Waals surface area contributed by atoms with E-state index in [9.17, 15) is 24.0 Å². The van der Waals surface area contributed by atoms with Crippen molar-refractivity contribution in [2.24, 2.45) is 0 Å². The van der Waals surface area contributed by atoms with Crippen molar-refractivity contribution in [2.45, 2.75) is 70.6 Å². The minimum Gasteiger partial charge on any atom is -0.481 e. The zero-order chi connectivity index (χ0) is 27.4. The second-order valence-electron chi connectivity index (χ2n) is 8.32. The lowest BCUT2D eigenvalue weighted by Crippen LogP contribution is -2.55. The number of hydrogen-bond donors (Lipinski definition) is 6. The summed E-state index contributed by atoms with van der Waals surface area (Å²) in [5, 5.41) is 28.9. The van der Waals surface area contributed by atoms with Crippen LogP contribution in [-0.4, -0.2) is 70.6 Å². The van der Waals surface area contributed by atoms with E-state index < -0.39 is 53.8 Å². The molecule has 0 aliphatic heterocycles. The molecule has 0 aliphatic rings. The molecule has 200 valence electrons. The van der Waals surface area contributed by atoms with Gasteiger partial charge in [0.1, 0.15) is 18.1 Å². The second-order valence-corrected chi connectivity index (χ2v) is 9.13. The quantitative estimate of drug-likeness (QED) is 0.179. The maximum Gasteiger partial charge on any atom is 0.325 e. The Morgan fingerprint density at radius 1 is 0.833 bits per heavy atom. The molecule has 3 amide bonds. The number of aryl methyl sites for hydroxylation is 1. The largest absolute Gasteiger partial charge is 0.481 e. The van der Waals surface area contributed by atoms with Crippen LogP contribution < -0.4 is 21.3 Å². The van der Waals surface area contributed by atoms with Crippen LogP contribution in [0.25, 0.3) is 0 Å². The Morgan fingerprint density at radius 3 is 1.92 bits per heavy atom. The molecule has 11 nitrogen and oxygen atoms in total. The summed E-state index contributed by atoms with van der Waals surface area (Å²) in [7, 11) is 0. The first-order valence-electron chi connectivity index (χ1n) is 11.3. The van der Waals surface area contributed by atoms with Gasteiger partial charge in [-0.2, -0.15) is 0 Å². The van der Waals surface area contributed by atoms with Crippen molar-refractivity contribution in [3.63, 3.8) is 0 Å². The third-order valence-electron chi connectivity index (χ3n) is 5.21. The number of aliphatic carboxylic acids is 2. The summed E-state index contributed by atoms with van der Waals surface area (Å²) < 4.78 is 0. The summed E-state index contributed by atoms with van der Waals surface area (Å²) in [5.74, 6) is -4.21. The number of amides is 3. The Bertz CT molecular complexity index is 960. The topological polar surface area (TPSA) is 174 Å². The molecule has 0 fully saturated rings. The molecule has 13 heteroatoms. The Morgan fingerprint density at radius 2 is 1.39 bits per heavy atom. The van der Waals surface area contributed by atoms with Crippen LogP contribution in [-0.2, 0) is 30.4 Å². The third-order valence-corrected chi connectivity index (χ3v) is 5.95. The van der Waals surface area contributed by atoms with Gasteiger partial charge in [-0.25, -0.2) is 0 Å². The summed E-state index contributed by atoms with van der Waals surface area (Å²) in [6, 6.07) is 1.22. The van der Waals surface area contributed by atoms with Crippen LogP contribution in [0.5, 0.6) is 0 Å². The molecule has 0 heterocycles. The van der Waals surface area contributed by atoms with Crippen LogP contribution in [0.2, 0.25) is 10.0 Å². The monoisotopic (exact) mass is 546 g/mol. The fourth-order valence-corrected chi connectivity index (χ4v) is 3.36. The fraction of sp³-hybridized carbons (Fsp3) is 0.522. The first-order chi connectivity index (χ1) is 16.8. The SMILES string of the molecule is C[C@H](NC(=O)[C@H](C)NC(=O)[C@H](C)NC(=O)[C@H](CCC(=O)O)NCCCc1ccc(Cl)c(Cl)c1)C(=O)O. The predicted molar refractivity (Wildman–Crippen MR) is 134 cm³/mol. The van der Waals surface area contributed by atoms with Gasteiger partial charge < -0.3 is 31.5 Å². The van der Waals surface area contributed by atoms with Crippen LogP contribution in [0.3, 0.4) is 0 Å². The standard InChI is InChI=1S/C23H32Cl2N4O7/c1-12(21(33)29-14(3)23(35)36)27-20(32)13(2)28-22(34)18(8-9-19(30)31)26-10-4-5-15-6-7-16(24)17(25)11-15/h6-7,11-14,18,26H,4-5,8-10H2,1-3H3,(H,27,32)(H,28,34)(H,29,33)(H,30,31)(H,35,36)/t12-,13-,14-,18-/m0/s1. The van der Waals surface area contributed by atoms with Gasteiger partial charge in [0, 0.05) is 6.42 Å². The lowest BCUT2D eigenvalue weighted by atomic mass is 10.1. The summed E-state index contributed by atoms with van der Waals surface area (Å²) in [6.45, 7) is 4.47. The second kappa shape index (κ2) is 15.3. The molecular formula is C23H32Cl2N4O7. The molecule has 1 aromatic rings. The molecule has 6 N–H and O–H groups in total. The Kier molecular flexibility index (Phi) is 13.2. The molecule has 0 saturated carbocycles. The Labute approximate surface area is 219 Å². The van der Waals surface area contributed by atoms with Crippen LogP contribution in [0, 0.1) is 0 Å². The number of rotatable bonds is 15. The summed E-state index contributed by atoms with van der Waals surface area (Å²) in [5.41, 5.74) is 0.957. The van der Waals surface area contributed by atoms with Crippen LogP contribution in [0.4, 0.5) is 0 Å². The highest BCUT2D eigenvalue weighted by atomic mass is 35.5. The predicted octanol–water partition coefficient (Wildman–Crippen LogP) is 1.35. The number of halogens is 2. The minimum absolute atomic E-state index is 0.00810. The summed E-state index contributed by atoms with van der Waals surface area (Å²) >= 11 is 11.9. The van der Waals surface area contributed by atoms with Gasteiger partial charge in [0.05, 0.1) is 16.1 Å². The highest BCUT2D eigenvalue weighted by Crippen LogP contribution is 2.23. The first-order valence-corrected chi connectivity index (χ1v) is 12.1. The van der Waals surface area contributed by atoms with E-state index in [1.807, 2.05) is 6.07 Å². The van der Waals surface area contributed by atoms with E-state index in [1.165, 1.54) is 20.8 Å². The highest BCUT2D eigenvalue weighted by molar-refractivity contribution is 6.42. The van der Waals surface area contributed by atoms with Crippen molar-refractivity contribution in [3.8, 4) is 0 Å². The zero-order valence-electron chi connectivity index (χ0n) is 20.3. The minimum atomic E-state index is -1.22. The van der Waals surface area contributed by atoms with Gasteiger partial charge in [0.15, 0.2) is 0 Å². The molecule has 0 unspecified atom stereocenters. The molecular weight excluding hydrogens is 515 g/mol. The highest BCUT2D eigenvalue weighted by Gasteiger charge is 2.26. The smallest absolute Gasteiger partial charge is 0.325 e. The van der Waals surface area contributed by atoms with Crippen molar-refractivity contribution < 1.29 is 34.2 Å². The van der Waals surface area contributed by atoms with Gasteiger partial charge in [0.2, 0.25) is 17.7 Å². The summed E-state index contributed by atoms with van der Waals surface area (Å²) in [4.78, 5) is 59.0. The van der Waals surface area contributed by atoms with E-state index in [2.05, 4.69) is 21.3 Å². The zero-order valence-corrected chi connectivity index (χ0v) is 21.8. The molecule has 36 heavy (non-hydrogen) atoms. The molecule has 0 aliphatic carbocycles. The molecule has 0 bridgehead atoms. The van der Waals surface area contributed by atoms with Crippen molar-refractivity contribution in [1.82, 2.24) is 21.3 Å². The van der Waals surface area contributed by atoms with Crippen molar-refractivity contribution in [2.75, 3.05) is 6.54 Å². The fourth-order valence-electron chi connectivity index (χ4n) is 3.04. The normalized spacial score (nSPS) is 14.1. The summed E-state index contributed by atoms with van der Waals surface area (Å²) in [6.07, 6.45) is 1.04. The lowest BCUT2D eigenvalue weighted by Gasteiger charge is -2.22. The average molecular weight is 547 g/mol. The van der Waals surface area contributed by atoms with Crippen LogP contribution >= 0.6 is 23.2 Å². The molecule has 4 atom stereocenters. The number of carboxylic acid groups (broad SMARTS) is 2. The van der Waals surface area contributed by atoms with E-state index in [0.717, 1.165) is 5.56 Å². The third kappa shape index (κ3) is 11.2. The van der Waals surface area contributed by atoms with Gasteiger partial charge in [-0.3, -0.25) is 24.0 Å². The van der Waals surface area contributed by atoms with Crippen molar-refractivity contribution in [1.29, 1.82) is 0 Å². The molecule has 0 spiro atoms. The number of benzene rings is 1. The molecule has 0 saturated heterocycles. The van der Waals surface area contributed by atoms with Crippen molar-refractivity contribution in [3.05, 3.63) is 33.8 Å². The maximum absolute atomic E-state index is 12.7. The molecule has 0 radical (unpaired) electrons. The maximum atomic E-state index is 12.7. The van der Waals surface area contributed by atoms with Gasteiger partial charge in [-0.05, 0) is 64.3 Å². The molecule has 1 aromatic carbocycles. The molecule has 0 aromatic heterocycles. The van der Waals surface area contributed by atoms with E-state index in [0.29, 0.717) is 29.4 Å².